The quantitative estimate of drug-likeness (QED) is 0.905. The molecule has 2 fully saturated rings. The molecule has 1 amide bonds. The molecule has 0 radical (unpaired) electrons. The predicted octanol–water partition coefficient (Wildman–Crippen LogP) is 1.88. The second kappa shape index (κ2) is 5.66. The maximum Gasteiger partial charge on any atom is 0.272 e. The Morgan fingerprint density at radius 2 is 2.00 bits per heavy atom. The van der Waals surface area contributed by atoms with Crippen molar-refractivity contribution in [3.8, 4) is 0 Å². The number of fused-ring (bicyclic) bond motifs is 2. The first kappa shape index (κ1) is 13.8. The Morgan fingerprint density at radius 3 is 2.60 bits per heavy atom. The van der Waals surface area contributed by atoms with Gasteiger partial charge in [0.25, 0.3) is 5.91 Å². The summed E-state index contributed by atoms with van der Waals surface area (Å²) >= 11 is 5.68. The molecule has 3 heterocycles. The van der Waals surface area contributed by atoms with Crippen LogP contribution >= 0.6 is 11.6 Å². The number of hydrogen-bond donors (Lipinski definition) is 1. The summed E-state index contributed by atoms with van der Waals surface area (Å²) in [5.41, 5.74) is 0.332. The fourth-order valence-corrected chi connectivity index (χ4v) is 3.53. The fraction of sp³-hybridized carbons (Fsp3) is 0.643. The lowest BCUT2D eigenvalue weighted by Crippen LogP contribution is -2.55. The van der Waals surface area contributed by atoms with E-state index in [9.17, 15) is 4.79 Å². The van der Waals surface area contributed by atoms with E-state index in [1.165, 1.54) is 19.3 Å². The van der Waals surface area contributed by atoms with Gasteiger partial charge in [0.2, 0.25) is 0 Å². The highest BCUT2D eigenvalue weighted by atomic mass is 35.5. The van der Waals surface area contributed by atoms with E-state index in [1.54, 1.807) is 12.1 Å². The number of hydrogen-bond acceptors (Lipinski definition) is 4. The molecule has 2 aliphatic rings. The zero-order chi connectivity index (χ0) is 14.1. The average molecular weight is 295 g/mol. The van der Waals surface area contributed by atoms with Gasteiger partial charge in [-0.15, -0.1) is 10.2 Å². The summed E-state index contributed by atoms with van der Waals surface area (Å²) in [6, 6.07) is 4.65. The number of carbonyl (C=O) groups excluding carboxylic acids is 1. The molecule has 3 rings (SSSR count). The van der Waals surface area contributed by atoms with Gasteiger partial charge in [0.15, 0.2) is 10.8 Å². The van der Waals surface area contributed by atoms with Crippen molar-refractivity contribution >= 4 is 17.5 Å². The molecule has 2 bridgehead atoms. The van der Waals surface area contributed by atoms with Crippen LogP contribution in [0, 0.1) is 0 Å². The fourth-order valence-electron chi connectivity index (χ4n) is 3.43. The molecule has 2 atom stereocenters. The maximum absolute atomic E-state index is 12.2. The zero-order valence-corrected chi connectivity index (χ0v) is 12.3. The van der Waals surface area contributed by atoms with Gasteiger partial charge in [-0.3, -0.25) is 4.79 Å². The molecule has 0 aromatic carbocycles. The molecule has 20 heavy (non-hydrogen) atoms. The van der Waals surface area contributed by atoms with E-state index < -0.39 is 0 Å². The van der Waals surface area contributed by atoms with Gasteiger partial charge < -0.3 is 10.2 Å². The zero-order valence-electron chi connectivity index (χ0n) is 11.6. The third-order valence-corrected chi connectivity index (χ3v) is 4.74. The summed E-state index contributed by atoms with van der Waals surface area (Å²) in [5, 5.41) is 10.9. The van der Waals surface area contributed by atoms with Crippen LogP contribution in [0.5, 0.6) is 0 Å². The second-order valence-corrected chi connectivity index (χ2v) is 6.17. The van der Waals surface area contributed by atoms with Crippen LogP contribution in [0.15, 0.2) is 12.1 Å². The lowest BCUT2D eigenvalue weighted by Gasteiger charge is -2.47. The average Bonchev–Trinajstić information content (AvgIpc) is 2.40. The Balaban J connectivity index is 1.63. The van der Waals surface area contributed by atoms with Crippen molar-refractivity contribution in [3.63, 3.8) is 0 Å². The van der Waals surface area contributed by atoms with Gasteiger partial charge in [0, 0.05) is 18.1 Å². The molecule has 108 valence electrons. The molecule has 1 aromatic rings. The first-order valence-electron chi connectivity index (χ1n) is 7.15. The number of halogens is 1. The smallest absolute Gasteiger partial charge is 0.272 e. The van der Waals surface area contributed by atoms with Crippen molar-refractivity contribution in [3.05, 3.63) is 23.0 Å². The summed E-state index contributed by atoms with van der Waals surface area (Å²) in [5.74, 6) is -0.151. The molecule has 1 N–H and O–H groups in total. The Morgan fingerprint density at radius 1 is 1.30 bits per heavy atom. The van der Waals surface area contributed by atoms with E-state index in [-0.39, 0.29) is 11.9 Å². The monoisotopic (exact) mass is 294 g/mol. The van der Waals surface area contributed by atoms with E-state index in [1.807, 2.05) is 0 Å². The first-order valence-corrected chi connectivity index (χ1v) is 7.53. The van der Waals surface area contributed by atoms with Crippen LogP contribution in [0.4, 0.5) is 0 Å². The molecule has 0 spiro atoms. The van der Waals surface area contributed by atoms with Gasteiger partial charge >= 0.3 is 0 Å². The molecule has 2 saturated heterocycles. The van der Waals surface area contributed by atoms with Crippen LogP contribution in [0.1, 0.15) is 42.6 Å². The standard InChI is InChI=1S/C14H19ClN4O/c1-19-10-3-2-4-11(19)8-9(7-10)16-14(20)12-5-6-13(15)18-17-12/h5-6,9-11H,2-4,7-8H2,1H3,(H,16,20). The predicted molar refractivity (Wildman–Crippen MR) is 76.7 cm³/mol. The largest absolute Gasteiger partial charge is 0.348 e. The second-order valence-electron chi connectivity index (χ2n) is 5.79. The Kier molecular flexibility index (Phi) is 3.89. The van der Waals surface area contributed by atoms with Crippen LogP contribution < -0.4 is 5.32 Å². The summed E-state index contributed by atoms with van der Waals surface area (Å²) in [6.07, 6.45) is 5.84. The summed E-state index contributed by atoms with van der Waals surface area (Å²) < 4.78 is 0. The number of rotatable bonds is 2. The normalized spacial score (nSPS) is 30.0. The molecule has 6 heteroatoms. The van der Waals surface area contributed by atoms with Crippen molar-refractivity contribution in [2.45, 2.75) is 50.2 Å². The lowest BCUT2D eigenvalue weighted by molar-refractivity contribution is 0.0461. The number of piperidine rings is 2. The SMILES string of the molecule is CN1C2CCCC1CC(NC(=O)c1ccc(Cl)nn1)C2. The number of aromatic nitrogens is 2. The van der Waals surface area contributed by atoms with E-state index in [0.29, 0.717) is 22.9 Å². The minimum atomic E-state index is -0.151. The Labute approximate surface area is 123 Å². The van der Waals surface area contributed by atoms with Crippen LogP contribution in [-0.4, -0.2) is 46.2 Å². The van der Waals surface area contributed by atoms with Gasteiger partial charge in [0.05, 0.1) is 0 Å². The van der Waals surface area contributed by atoms with Crippen molar-refractivity contribution < 1.29 is 4.79 Å². The van der Waals surface area contributed by atoms with Crippen molar-refractivity contribution in [1.82, 2.24) is 20.4 Å². The Hall–Kier alpha value is -1.20. The molecule has 5 nitrogen and oxygen atoms in total. The molecule has 0 aliphatic carbocycles. The van der Waals surface area contributed by atoms with E-state index in [2.05, 4.69) is 27.5 Å². The van der Waals surface area contributed by atoms with Crippen LogP contribution in [0.2, 0.25) is 5.15 Å². The minimum absolute atomic E-state index is 0.151. The van der Waals surface area contributed by atoms with Gasteiger partial charge in [0.1, 0.15) is 0 Å². The molecule has 2 aliphatic heterocycles. The number of nitrogens with one attached hydrogen (secondary N) is 1. The molecular formula is C14H19ClN4O. The maximum atomic E-state index is 12.2. The summed E-state index contributed by atoms with van der Waals surface area (Å²) in [7, 11) is 2.21. The van der Waals surface area contributed by atoms with Gasteiger partial charge in [-0.2, -0.15) is 0 Å². The number of carbonyl (C=O) groups is 1. The highest BCUT2D eigenvalue weighted by Crippen LogP contribution is 2.32. The summed E-state index contributed by atoms with van der Waals surface area (Å²) in [4.78, 5) is 14.6. The van der Waals surface area contributed by atoms with Crippen LogP contribution in [0.25, 0.3) is 0 Å². The number of nitrogens with zero attached hydrogens (tertiary/aromatic N) is 3. The lowest BCUT2D eigenvalue weighted by atomic mass is 9.82. The van der Waals surface area contributed by atoms with E-state index in [4.69, 9.17) is 11.6 Å². The topological polar surface area (TPSA) is 58.1 Å². The Bertz CT molecular complexity index is 478. The minimum Gasteiger partial charge on any atom is -0.348 e. The van der Waals surface area contributed by atoms with Crippen LogP contribution in [0.3, 0.4) is 0 Å². The number of amides is 1. The molecular weight excluding hydrogens is 276 g/mol. The van der Waals surface area contributed by atoms with E-state index in [0.717, 1.165) is 12.8 Å². The van der Waals surface area contributed by atoms with Gasteiger partial charge in [-0.25, -0.2) is 0 Å². The first-order chi connectivity index (χ1) is 9.63. The van der Waals surface area contributed by atoms with Crippen molar-refractivity contribution in [2.75, 3.05) is 7.05 Å². The van der Waals surface area contributed by atoms with Crippen molar-refractivity contribution in [1.29, 1.82) is 0 Å². The third-order valence-electron chi connectivity index (χ3n) is 4.54. The van der Waals surface area contributed by atoms with E-state index >= 15 is 0 Å². The van der Waals surface area contributed by atoms with Gasteiger partial charge in [-0.1, -0.05) is 18.0 Å². The summed E-state index contributed by atoms with van der Waals surface area (Å²) in [6.45, 7) is 0. The third kappa shape index (κ3) is 2.79. The highest BCUT2D eigenvalue weighted by molar-refractivity contribution is 6.29. The highest BCUT2D eigenvalue weighted by Gasteiger charge is 2.36. The molecule has 1 aromatic heterocycles. The van der Waals surface area contributed by atoms with Gasteiger partial charge in [-0.05, 0) is 44.9 Å². The molecule has 0 saturated carbocycles. The van der Waals surface area contributed by atoms with Crippen molar-refractivity contribution in [2.24, 2.45) is 0 Å². The van der Waals surface area contributed by atoms with Crippen LogP contribution in [-0.2, 0) is 0 Å². The molecule has 2 unspecified atom stereocenters.